The molecular formula is C12H18N4O2S. The minimum absolute atomic E-state index is 0.510. The molecule has 1 saturated heterocycles. The van der Waals surface area contributed by atoms with E-state index in [1.54, 1.807) is 18.5 Å². The van der Waals surface area contributed by atoms with Crippen LogP contribution in [0.1, 0.15) is 5.76 Å². The maximum atomic E-state index is 5.29. The lowest BCUT2D eigenvalue weighted by molar-refractivity contribution is 0.0389. The average molecular weight is 282 g/mol. The molecule has 0 spiro atoms. The second kappa shape index (κ2) is 7.88. The Morgan fingerprint density at radius 3 is 3.05 bits per heavy atom. The minimum atomic E-state index is 0.510. The zero-order valence-corrected chi connectivity index (χ0v) is 11.5. The number of rotatable bonds is 5. The van der Waals surface area contributed by atoms with Crippen molar-refractivity contribution in [2.45, 2.75) is 0 Å². The first-order valence-electron chi connectivity index (χ1n) is 6.25. The highest BCUT2D eigenvalue weighted by Crippen LogP contribution is 1.95. The fourth-order valence-corrected chi connectivity index (χ4v) is 1.87. The van der Waals surface area contributed by atoms with Gasteiger partial charge in [0.1, 0.15) is 5.76 Å². The Hall–Kier alpha value is -1.44. The Bertz CT molecular complexity index is 402. The largest absolute Gasteiger partial charge is 0.463 e. The van der Waals surface area contributed by atoms with Crippen molar-refractivity contribution in [3.63, 3.8) is 0 Å². The Labute approximate surface area is 117 Å². The number of ether oxygens (including phenoxy) is 1. The number of hydrogen-bond donors (Lipinski definition) is 2. The maximum Gasteiger partial charge on any atom is 0.187 e. The molecule has 1 aromatic heterocycles. The van der Waals surface area contributed by atoms with Crippen molar-refractivity contribution in [2.75, 3.05) is 39.4 Å². The molecule has 0 radical (unpaired) electrons. The highest BCUT2D eigenvalue weighted by atomic mass is 32.1. The molecule has 0 aromatic carbocycles. The van der Waals surface area contributed by atoms with Gasteiger partial charge in [0.2, 0.25) is 0 Å². The summed E-state index contributed by atoms with van der Waals surface area (Å²) < 4.78 is 10.4. The first kappa shape index (κ1) is 14.0. The number of hydrogen-bond acceptors (Lipinski definition) is 5. The molecule has 1 aromatic rings. The van der Waals surface area contributed by atoms with E-state index in [0.29, 0.717) is 10.9 Å². The summed E-state index contributed by atoms with van der Waals surface area (Å²) in [4.78, 5) is 2.34. The van der Waals surface area contributed by atoms with Crippen LogP contribution in [0.15, 0.2) is 27.9 Å². The van der Waals surface area contributed by atoms with Crippen molar-refractivity contribution in [3.05, 3.63) is 24.2 Å². The standard InChI is InChI=1S/C12H18N4O2S/c19-12(15-14-10-11-2-1-7-18-11)13-3-4-16-5-8-17-9-6-16/h1-2,7,10H,3-6,8-9H2,(H2,13,15,19). The Morgan fingerprint density at radius 2 is 2.32 bits per heavy atom. The lowest BCUT2D eigenvalue weighted by atomic mass is 10.4. The van der Waals surface area contributed by atoms with Gasteiger partial charge in [0.05, 0.1) is 25.7 Å². The monoisotopic (exact) mass is 282 g/mol. The van der Waals surface area contributed by atoms with Crippen LogP contribution in [0.5, 0.6) is 0 Å². The summed E-state index contributed by atoms with van der Waals surface area (Å²) in [6, 6.07) is 3.63. The summed E-state index contributed by atoms with van der Waals surface area (Å²) in [5.41, 5.74) is 2.75. The van der Waals surface area contributed by atoms with Gasteiger partial charge in [-0.25, -0.2) is 0 Å². The first-order chi connectivity index (χ1) is 9.34. The molecule has 104 valence electrons. The summed E-state index contributed by atoms with van der Waals surface area (Å²) >= 11 is 5.11. The van der Waals surface area contributed by atoms with Gasteiger partial charge >= 0.3 is 0 Å². The van der Waals surface area contributed by atoms with Crippen LogP contribution in [0.3, 0.4) is 0 Å². The predicted octanol–water partition coefficient (Wildman–Crippen LogP) is 0.410. The third kappa shape index (κ3) is 5.37. The normalized spacial score (nSPS) is 16.6. The van der Waals surface area contributed by atoms with E-state index in [1.165, 1.54) is 0 Å². The zero-order valence-electron chi connectivity index (χ0n) is 10.7. The number of thiocarbonyl (C=S) groups is 1. The maximum absolute atomic E-state index is 5.29. The van der Waals surface area contributed by atoms with E-state index < -0.39 is 0 Å². The van der Waals surface area contributed by atoms with E-state index in [-0.39, 0.29) is 0 Å². The summed E-state index contributed by atoms with van der Waals surface area (Å²) in [6.07, 6.45) is 3.18. The number of nitrogens with one attached hydrogen (secondary N) is 2. The number of morpholine rings is 1. The fraction of sp³-hybridized carbons (Fsp3) is 0.500. The number of hydrazone groups is 1. The van der Waals surface area contributed by atoms with Crippen LogP contribution in [0.4, 0.5) is 0 Å². The topological polar surface area (TPSA) is 62.0 Å². The van der Waals surface area contributed by atoms with Gasteiger partial charge in [-0.05, 0) is 24.4 Å². The molecule has 1 fully saturated rings. The van der Waals surface area contributed by atoms with Crippen molar-refractivity contribution in [1.82, 2.24) is 15.6 Å². The fourth-order valence-electron chi connectivity index (χ4n) is 1.71. The van der Waals surface area contributed by atoms with Crippen LogP contribution in [-0.2, 0) is 4.74 Å². The zero-order chi connectivity index (χ0) is 13.3. The van der Waals surface area contributed by atoms with Gasteiger partial charge in [0.25, 0.3) is 0 Å². The molecule has 6 nitrogen and oxygen atoms in total. The molecule has 1 aliphatic heterocycles. The number of nitrogens with zero attached hydrogens (tertiary/aromatic N) is 2. The van der Waals surface area contributed by atoms with Crippen LogP contribution in [-0.4, -0.2) is 55.6 Å². The lowest BCUT2D eigenvalue weighted by Gasteiger charge is -2.26. The van der Waals surface area contributed by atoms with Crippen LogP contribution >= 0.6 is 12.2 Å². The van der Waals surface area contributed by atoms with Gasteiger partial charge in [-0.3, -0.25) is 10.3 Å². The van der Waals surface area contributed by atoms with Crippen LogP contribution in [0.2, 0.25) is 0 Å². The molecule has 2 heterocycles. The van der Waals surface area contributed by atoms with E-state index >= 15 is 0 Å². The summed E-state index contributed by atoms with van der Waals surface area (Å²) in [7, 11) is 0. The molecule has 0 aliphatic carbocycles. The molecule has 19 heavy (non-hydrogen) atoms. The van der Waals surface area contributed by atoms with Crippen molar-refractivity contribution in [1.29, 1.82) is 0 Å². The van der Waals surface area contributed by atoms with Gasteiger partial charge < -0.3 is 14.5 Å². The molecule has 0 atom stereocenters. The van der Waals surface area contributed by atoms with E-state index in [2.05, 4.69) is 20.7 Å². The molecule has 0 unspecified atom stereocenters. The molecule has 0 amide bonds. The van der Waals surface area contributed by atoms with Crippen LogP contribution in [0.25, 0.3) is 0 Å². The van der Waals surface area contributed by atoms with Gasteiger partial charge in [0, 0.05) is 26.2 Å². The second-order valence-corrected chi connectivity index (χ2v) is 4.50. The minimum Gasteiger partial charge on any atom is -0.463 e. The van der Waals surface area contributed by atoms with Crippen molar-refractivity contribution in [2.24, 2.45) is 5.10 Å². The highest BCUT2D eigenvalue weighted by molar-refractivity contribution is 7.80. The van der Waals surface area contributed by atoms with Gasteiger partial charge in [0.15, 0.2) is 5.11 Å². The molecule has 2 rings (SSSR count). The highest BCUT2D eigenvalue weighted by Gasteiger charge is 2.09. The van der Waals surface area contributed by atoms with E-state index in [1.807, 2.05) is 6.07 Å². The van der Waals surface area contributed by atoms with Crippen molar-refractivity contribution < 1.29 is 9.15 Å². The summed E-state index contributed by atoms with van der Waals surface area (Å²) in [5, 5.41) is 7.59. The third-order valence-corrected chi connectivity index (χ3v) is 2.95. The molecule has 2 N–H and O–H groups in total. The second-order valence-electron chi connectivity index (χ2n) is 4.10. The smallest absolute Gasteiger partial charge is 0.187 e. The third-order valence-electron chi connectivity index (χ3n) is 2.72. The van der Waals surface area contributed by atoms with Gasteiger partial charge in [-0.2, -0.15) is 5.10 Å². The predicted molar refractivity (Wildman–Crippen MR) is 77.3 cm³/mol. The SMILES string of the molecule is S=C(NCCN1CCOCC1)NN=Cc1ccco1. The Kier molecular flexibility index (Phi) is 5.80. The summed E-state index contributed by atoms with van der Waals surface area (Å²) in [5.74, 6) is 0.684. The molecule has 0 bridgehead atoms. The lowest BCUT2D eigenvalue weighted by Crippen LogP contribution is -2.42. The van der Waals surface area contributed by atoms with E-state index in [4.69, 9.17) is 21.4 Å². The van der Waals surface area contributed by atoms with E-state index in [9.17, 15) is 0 Å². The Morgan fingerprint density at radius 1 is 1.47 bits per heavy atom. The summed E-state index contributed by atoms with van der Waals surface area (Å²) in [6.45, 7) is 5.35. The quantitative estimate of drug-likeness (QED) is 0.463. The molecule has 1 aliphatic rings. The Balaban J connectivity index is 1.56. The van der Waals surface area contributed by atoms with Gasteiger partial charge in [-0.1, -0.05) is 0 Å². The van der Waals surface area contributed by atoms with Crippen LogP contribution < -0.4 is 10.7 Å². The molecular weight excluding hydrogens is 264 g/mol. The average Bonchev–Trinajstić information content (AvgIpc) is 2.93. The molecule has 0 saturated carbocycles. The van der Waals surface area contributed by atoms with Crippen LogP contribution in [0, 0.1) is 0 Å². The van der Waals surface area contributed by atoms with Gasteiger partial charge in [-0.15, -0.1) is 0 Å². The molecule has 7 heteroatoms. The van der Waals surface area contributed by atoms with E-state index in [0.717, 1.165) is 39.4 Å². The van der Waals surface area contributed by atoms with Crippen molar-refractivity contribution in [3.8, 4) is 0 Å². The van der Waals surface area contributed by atoms with Crippen molar-refractivity contribution >= 4 is 23.5 Å². The first-order valence-corrected chi connectivity index (χ1v) is 6.66. The number of furan rings is 1.